The van der Waals surface area contributed by atoms with Crippen molar-refractivity contribution >= 4 is 16.9 Å². The van der Waals surface area contributed by atoms with Crippen LogP contribution in [0.5, 0.6) is 0 Å². The fraction of sp³-hybridized carbons (Fsp3) is 0.400. The van der Waals surface area contributed by atoms with Crippen LogP contribution in [0.2, 0.25) is 0 Å². The van der Waals surface area contributed by atoms with Crippen molar-refractivity contribution in [1.82, 2.24) is 4.57 Å². The average Bonchev–Trinajstić information content (AvgIpc) is 2.65. The summed E-state index contributed by atoms with van der Waals surface area (Å²) < 4.78 is 6.96. The van der Waals surface area contributed by atoms with Gasteiger partial charge in [-0.2, -0.15) is 0 Å². The van der Waals surface area contributed by atoms with E-state index < -0.39 is 5.41 Å². The van der Waals surface area contributed by atoms with Crippen molar-refractivity contribution in [2.24, 2.45) is 12.5 Å². The Labute approximate surface area is 107 Å². The van der Waals surface area contributed by atoms with Gasteiger partial charge in [0.1, 0.15) is 0 Å². The van der Waals surface area contributed by atoms with Gasteiger partial charge in [-0.05, 0) is 31.9 Å². The van der Waals surface area contributed by atoms with Crippen molar-refractivity contribution in [3.8, 4) is 0 Å². The molecule has 0 fully saturated rings. The van der Waals surface area contributed by atoms with Crippen LogP contribution in [-0.2, 0) is 23.0 Å². The van der Waals surface area contributed by atoms with Crippen molar-refractivity contribution in [3.05, 3.63) is 36.0 Å². The van der Waals surface area contributed by atoms with Crippen molar-refractivity contribution in [3.63, 3.8) is 0 Å². The van der Waals surface area contributed by atoms with Crippen LogP contribution < -0.4 is 0 Å². The topological polar surface area (TPSA) is 31.2 Å². The number of carbonyl (C=O) groups is 1. The number of rotatable bonds is 3. The number of carbonyl (C=O) groups excluding carboxylic acids is 1. The standard InChI is InChI=1S/C15H19NO2/c1-15(2,14(17)18-4)9-11-10-16(3)13-8-6-5-7-12(11)13/h5-8,10H,9H2,1-4H3. The highest BCUT2D eigenvalue weighted by Gasteiger charge is 2.30. The van der Waals surface area contributed by atoms with E-state index in [0.29, 0.717) is 6.42 Å². The van der Waals surface area contributed by atoms with E-state index in [1.807, 2.05) is 33.0 Å². The Bertz CT molecular complexity index is 581. The molecule has 0 saturated heterocycles. The number of aromatic nitrogens is 1. The van der Waals surface area contributed by atoms with Gasteiger partial charge >= 0.3 is 5.97 Å². The molecule has 0 saturated carbocycles. The maximum atomic E-state index is 11.8. The number of esters is 1. The van der Waals surface area contributed by atoms with Crippen LogP contribution >= 0.6 is 0 Å². The molecule has 18 heavy (non-hydrogen) atoms. The minimum Gasteiger partial charge on any atom is -0.469 e. The Morgan fingerprint density at radius 1 is 1.33 bits per heavy atom. The van der Waals surface area contributed by atoms with Gasteiger partial charge in [0.2, 0.25) is 0 Å². The molecule has 1 aromatic carbocycles. The van der Waals surface area contributed by atoms with Gasteiger partial charge in [0.05, 0.1) is 12.5 Å². The number of para-hydroxylation sites is 1. The Balaban J connectivity index is 2.41. The normalized spacial score (nSPS) is 11.8. The molecule has 2 rings (SSSR count). The molecule has 1 heterocycles. The largest absolute Gasteiger partial charge is 0.469 e. The molecule has 0 bridgehead atoms. The third kappa shape index (κ3) is 2.13. The molecule has 0 unspecified atom stereocenters. The summed E-state index contributed by atoms with van der Waals surface area (Å²) in [7, 11) is 3.46. The number of ether oxygens (including phenoxy) is 1. The van der Waals surface area contributed by atoms with Crippen molar-refractivity contribution in [1.29, 1.82) is 0 Å². The van der Waals surface area contributed by atoms with Crippen LogP contribution in [0.3, 0.4) is 0 Å². The Hall–Kier alpha value is -1.77. The number of nitrogens with zero attached hydrogens (tertiary/aromatic N) is 1. The zero-order chi connectivity index (χ0) is 13.3. The summed E-state index contributed by atoms with van der Waals surface area (Å²) in [4.78, 5) is 11.8. The zero-order valence-electron chi connectivity index (χ0n) is 11.4. The van der Waals surface area contributed by atoms with Crippen LogP contribution in [0.15, 0.2) is 30.5 Å². The molecule has 96 valence electrons. The lowest BCUT2D eigenvalue weighted by atomic mass is 9.86. The third-order valence-corrected chi connectivity index (χ3v) is 3.35. The molecule has 1 aromatic heterocycles. The van der Waals surface area contributed by atoms with Crippen molar-refractivity contribution in [2.45, 2.75) is 20.3 Å². The number of hydrogen-bond acceptors (Lipinski definition) is 2. The van der Waals surface area contributed by atoms with Gasteiger partial charge in [0, 0.05) is 24.1 Å². The molecular weight excluding hydrogens is 226 g/mol. The molecular formula is C15H19NO2. The first-order chi connectivity index (χ1) is 8.45. The first-order valence-corrected chi connectivity index (χ1v) is 6.07. The molecule has 0 radical (unpaired) electrons. The van der Waals surface area contributed by atoms with Crippen LogP contribution in [0.1, 0.15) is 19.4 Å². The van der Waals surface area contributed by atoms with Crippen LogP contribution in [0.25, 0.3) is 10.9 Å². The Morgan fingerprint density at radius 2 is 2.00 bits per heavy atom. The highest BCUT2D eigenvalue weighted by molar-refractivity contribution is 5.85. The minimum atomic E-state index is -0.501. The summed E-state index contributed by atoms with van der Waals surface area (Å²) in [6.07, 6.45) is 2.77. The van der Waals surface area contributed by atoms with Gasteiger partial charge in [-0.3, -0.25) is 4.79 Å². The molecule has 2 aromatic rings. The molecule has 0 N–H and O–H groups in total. The Morgan fingerprint density at radius 3 is 2.67 bits per heavy atom. The highest BCUT2D eigenvalue weighted by Crippen LogP contribution is 2.29. The van der Waals surface area contributed by atoms with Gasteiger partial charge in [0.25, 0.3) is 0 Å². The van der Waals surface area contributed by atoms with E-state index in [4.69, 9.17) is 4.74 Å². The zero-order valence-corrected chi connectivity index (χ0v) is 11.4. The quantitative estimate of drug-likeness (QED) is 0.778. The molecule has 3 heteroatoms. The number of fused-ring (bicyclic) bond motifs is 1. The SMILES string of the molecule is COC(=O)C(C)(C)Cc1cn(C)c2ccccc12. The molecule has 0 spiro atoms. The second-order valence-corrected chi connectivity index (χ2v) is 5.33. The van der Waals surface area contributed by atoms with Gasteiger partial charge in [-0.15, -0.1) is 0 Å². The number of aryl methyl sites for hydroxylation is 1. The van der Waals surface area contributed by atoms with E-state index in [-0.39, 0.29) is 5.97 Å². The summed E-state index contributed by atoms with van der Waals surface area (Å²) >= 11 is 0. The fourth-order valence-electron chi connectivity index (χ4n) is 2.39. The molecule has 0 aliphatic heterocycles. The van der Waals surface area contributed by atoms with E-state index in [2.05, 4.69) is 22.9 Å². The van der Waals surface area contributed by atoms with Crippen LogP contribution in [-0.4, -0.2) is 17.6 Å². The number of benzene rings is 1. The van der Waals surface area contributed by atoms with Crippen LogP contribution in [0.4, 0.5) is 0 Å². The second kappa shape index (κ2) is 4.48. The smallest absolute Gasteiger partial charge is 0.311 e. The summed E-state index contributed by atoms with van der Waals surface area (Å²) in [6, 6.07) is 8.23. The van der Waals surface area contributed by atoms with E-state index in [9.17, 15) is 4.79 Å². The van der Waals surface area contributed by atoms with E-state index in [1.54, 1.807) is 0 Å². The van der Waals surface area contributed by atoms with E-state index in [1.165, 1.54) is 23.6 Å². The number of methoxy groups -OCH3 is 1. The first kappa shape index (κ1) is 12.7. The van der Waals surface area contributed by atoms with Gasteiger partial charge in [-0.25, -0.2) is 0 Å². The van der Waals surface area contributed by atoms with Gasteiger partial charge < -0.3 is 9.30 Å². The maximum Gasteiger partial charge on any atom is 0.311 e. The summed E-state index contributed by atoms with van der Waals surface area (Å²) in [5, 5.41) is 1.21. The second-order valence-electron chi connectivity index (χ2n) is 5.33. The third-order valence-electron chi connectivity index (χ3n) is 3.35. The van der Waals surface area contributed by atoms with E-state index in [0.717, 1.165) is 0 Å². The molecule has 0 atom stereocenters. The summed E-state index contributed by atoms with van der Waals surface area (Å²) in [6.45, 7) is 3.83. The average molecular weight is 245 g/mol. The van der Waals surface area contributed by atoms with Crippen molar-refractivity contribution in [2.75, 3.05) is 7.11 Å². The van der Waals surface area contributed by atoms with E-state index >= 15 is 0 Å². The fourth-order valence-corrected chi connectivity index (χ4v) is 2.39. The lowest BCUT2D eigenvalue weighted by molar-refractivity contribution is -0.150. The van der Waals surface area contributed by atoms with Crippen molar-refractivity contribution < 1.29 is 9.53 Å². The minimum absolute atomic E-state index is 0.171. The number of hydrogen-bond donors (Lipinski definition) is 0. The first-order valence-electron chi connectivity index (χ1n) is 6.07. The molecule has 0 aliphatic carbocycles. The molecule has 0 aliphatic rings. The predicted octanol–water partition coefficient (Wildman–Crippen LogP) is 2.92. The lowest BCUT2D eigenvalue weighted by Crippen LogP contribution is -2.27. The monoisotopic (exact) mass is 245 g/mol. The van der Waals surface area contributed by atoms with Gasteiger partial charge in [0.15, 0.2) is 0 Å². The molecule has 0 amide bonds. The van der Waals surface area contributed by atoms with Gasteiger partial charge in [-0.1, -0.05) is 18.2 Å². The van der Waals surface area contributed by atoms with Crippen LogP contribution in [0, 0.1) is 5.41 Å². The summed E-state index contributed by atoms with van der Waals surface area (Å²) in [5.41, 5.74) is 1.87. The predicted molar refractivity (Wildman–Crippen MR) is 72.4 cm³/mol. The molecule has 3 nitrogen and oxygen atoms in total. The summed E-state index contributed by atoms with van der Waals surface area (Å²) in [5.74, 6) is -0.171. The Kier molecular flexibility index (Phi) is 3.16. The highest BCUT2D eigenvalue weighted by atomic mass is 16.5. The lowest BCUT2D eigenvalue weighted by Gasteiger charge is -2.20. The maximum absolute atomic E-state index is 11.8.